The molecule has 0 aliphatic heterocycles. The van der Waals surface area contributed by atoms with E-state index in [1.165, 1.54) is 0 Å². The highest BCUT2D eigenvalue weighted by Crippen LogP contribution is 1.85. The van der Waals surface area contributed by atoms with Gasteiger partial charge < -0.3 is 14.6 Å². The van der Waals surface area contributed by atoms with E-state index < -0.39 is 18.2 Å². The van der Waals surface area contributed by atoms with Crippen molar-refractivity contribution in [1.82, 2.24) is 5.32 Å². The number of ether oxygens (including phenoxy) is 2. The maximum absolute atomic E-state index is 10.8. The summed E-state index contributed by atoms with van der Waals surface area (Å²) in [6, 6.07) is 0. The third kappa shape index (κ3) is 5.50. The van der Waals surface area contributed by atoms with Crippen LogP contribution in [0.2, 0.25) is 0 Å². The SMILES string of the molecule is CCOC(=O)CNC(O)C(=O)OCC. The van der Waals surface area contributed by atoms with Crippen LogP contribution in [0, 0.1) is 0 Å². The number of rotatable bonds is 6. The van der Waals surface area contributed by atoms with Crippen LogP contribution in [0.5, 0.6) is 0 Å². The molecule has 0 aliphatic rings. The molecule has 0 aliphatic carbocycles. The molecule has 1 unspecified atom stereocenters. The van der Waals surface area contributed by atoms with Gasteiger partial charge in [0.2, 0.25) is 6.23 Å². The number of aliphatic hydroxyl groups is 1. The van der Waals surface area contributed by atoms with Crippen LogP contribution >= 0.6 is 0 Å². The molecule has 0 radical (unpaired) electrons. The molecule has 0 rings (SSSR count). The van der Waals surface area contributed by atoms with Gasteiger partial charge in [-0.15, -0.1) is 0 Å². The molecule has 0 heterocycles. The van der Waals surface area contributed by atoms with E-state index in [-0.39, 0.29) is 19.8 Å². The molecule has 0 aromatic rings. The molecule has 6 heteroatoms. The largest absolute Gasteiger partial charge is 0.465 e. The van der Waals surface area contributed by atoms with Gasteiger partial charge in [-0.2, -0.15) is 0 Å². The molecule has 0 saturated heterocycles. The van der Waals surface area contributed by atoms with Gasteiger partial charge >= 0.3 is 11.9 Å². The molecule has 1 atom stereocenters. The Morgan fingerprint density at radius 2 is 1.86 bits per heavy atom. The predicted octanol–water partition coefficient (Wildman–Crippen LogP) is -0.979. The first kappa shape index (κ1) is 12.9. The van der Waals surface area contributed by atoms with E-state index >= 15 is 0 Å². The van der Waals surface area contributed by atoms with Gasteiger partial charge in [-0.3, -0.25) is 10.1 Å². The molecule has 0 aromatic heterocycles. The van der Waals surface area contributed by atoms with Crippen LogP contribution in [0.25, 0.3) is 0 Å². The van der Waals surface area contributed by atoms with E-state index in [1.807, 2.05) is 0 Å². The van der Waals surface area contributed by atoms with Crippen LogP contribution in [0.15, 0.2) is 0 Å². The molecule has 0 spiro atoms. The van der Waals surface area contributed by atoms with Gasteiger partial charge in [0.05, 0.1) is 19.8 Å². The van der Waals surface area contributed by atoms with Crippen molar-refractivity contribution in [3.8, 4) is 0 Å². The van der Waals surface area contributed by atoms with Crippen LogP contribution < -0.4 is 5.32 Å². The number of carbonyl (C=O) groups excluding carboxylic acids is 2. The molecule has 0 fully saturated rings. The zero-order valence-electron chi connectivity index (χ0n) is 8.28. The lowest BCUT2D eigenvalue weighted by atomic mass is 10.5. The summed E-state index contributed by atoms with van der Waals surface area (Å²) in [7, 11) is 0. The zero-order chi connectivity index (χ0) is 11.0. The van der Waals surface area contributed by atoms with Crippen molar-refractivity contribution in [2.75, 3.05) is 19.8 Å². The Labute approximate surface area is 82.2 Å². The smallest absolute Gasteiger partial charge is 0.350 e. The van der Waals surface area contributed by atoms with E-state index in [0.717, 1.165) is 0 Å². The standard InChI is InChI=1S/C8H15NO5/c1-3-13-6(10)5-9-7(11)8(12)14-4-2/h7,9,11H,3-5H2,1-2H3. The summed E-state index contributed by atoms with van der Waals surface area (Å²) in [5.41, 5.74) is 0. The summed E-state index contributed by atoms with van der Waals surface area (Å²) < 4.78 is 9.06. The minimum Gasteiger partial charge on any atom is -0.465 e. The van der Waals surface area contributed by atoms with Crippen LogP contribution in [0.1, 0.15) is 13.8 Å². The Morgan fingerprint density at radius 1 is 1.29 bits per heavy atom. The van der Waals surface area contributed by atoms with E-state index in [4.69, 9.17) is 5.11 Å². The lowest BCUT2D eigenvalue weighted by Gasteiger charge is -2.10. The number of hydrogen-bond donors (Lipinski definition) is 2. The molecule has 6 nitrogen and oxygen atoms in total. The molecule has 0 bridgehead atoms. The number of hydrogen-bond acceptors (Lipinski definition) is 6. The molecule has 14 heavy (non-hydrogen) atoms. The summed E-state index contributed by atoms with van der Waals surface area (Å²) in [6.45, 7) is 3.50. The fourth-order valence-electron chi connectivity index (χ4n) is 0.697. The van der Waals surface area contributed by atoms with Gasteiger partial charge in [-0.1, -0.05) is 0 Å². The van der Waals surface area contributed by atoms with Crippen LogP contribution in [-0.4, -0.2) is 43.0 Å². The van der Waals surface area contributed by atoms with E-state index in [1.54, 1.807) is 13.8 Å². The number of carbonyl (C=O) groups is 2. The van der Waals surface area contributed by atoms with Crippen molar-refractivity contribution < 1.29 is 24.2 Å². The van der Waals surface area contributed by atoms with Crippen molar-refractivity contribution in [3.63, 3.8) is 0 Å². The van der Waals surface area contributed by atoms with Crippen molar-refractivity contribution in [2.45, 2.75) is 20.1 Å². The highest BCUT2D eigenvalue weighted by atomic mass is 16.6. The molecular formula is C8H15NO5. The lowest BCUT2D eigenvalue weighted by molar-refractivity contribution is -0.155. The van der Waals surface area contributed by atoms with Crippen LogP contribution in [0.4, 0.5) is 0 Å². The van der Waals surface area contributed by atoms with Crippen molar-refractivity contribution in [2.24, 2.45) is 0 Å². The first-order chi connectivity index (χ1) is 6.61. The molecule has 0 amide bonds. The van der Waals surface area contributed by atoms with Crippen molar-refractivity contribution in [3.05, 3.63) is 0 Å². The summed E-state index contributed by atoms with van der Waals surface area (Å²) in [5, 5.41) is 11.3. The minimum absolute atomic E-state index is 0.178. The number of aliphatic hydroxyl groups excluding tert-OH is 1. The van der Waals surface area contributed by atoms with Gasteiger partial charge in [0.15, 0.2) is 0 Å². The predicted molar refractivity (Wildman–Crippen MR) is 47.3 cm³/mol. The fraction of sp³-hybridized carbons (Fsp3) is 0.750. The van der Waals surface area contributed by atoms with Gasteiger partial charge in [-0.25, -0.2) is 4.79 Å². The van der Waals surface area contributed by atoms with Gasteiger partial charge in [0, 0.05) is 0 Å². The van der Waals surface area contributed by atoms with E-state index in [2.05, 4.69) is 14.8 Å². The maximum atomic E-state index is 10.8. The van der Waals surface area contributed by atoms with Crippen molar-refractivity contribution in [1.29, 1.82) is 0 Å². The first-order valence-electron chi connectivity index (χ1n) is 4.35. The monoisotopic (exact) mass is 205 g/mol. The Hall–Kier alpha value is -1.14. The quantitative estimate of drug-likeness (QED) is 0.428. The summed E-state index contributed by atoms with van der Waals surface area (Å²) >= 11 is 0. The van der Waals surface area contributed by atoms with Crippen molar-refractivity contribution >= 4 is 11.9 Å². The van der Waals surface area contributed by atoms with Crippen LogP contribution in [-0.2, 0) is 19.1 Å². The van der Waals surface area contributed by atoms with Gasteiger partial charge in [0.25, 0.3) is 0 Å². The maximum Gasteiger partial charge on any atom is 0.350 e. The first-order valence-corrected chi connectivity index (χ1v) is 4.35. The third-order valence-electron chi connectivity index (χ3n) is 1.25. The highest BCUT2D eigenvalue weighted by Gasteiger charge is 2.16. The second-order valence-corrected chi connectivity index (χ2v) is 2.34. The average molecular weight is 205 g/mol. The summed E-state index contributed by atoms with van der Waals surface area (Å²) in [5.74, 6) is -1.34. The van der Waals surface area contributed by atoms with Gasteiger partial charge in [0.1, 0.15) is 0 Å². The topological polar surface area (TPSA) is 84.9 Å². The molecule has 82 valence electrons. The second kappa shape index (κ2) is 7.28. The molecule has 0 saturated carbocycles. The van der Waals surface area contributed by atoms with E-state index in [9.17, 15) is 9.59 Å². The highest BCUT2D eigenvalue weighted by molar-refractivity contribution is 5.76. The number of nitrogens with one attached hydrogen (secondary N) is 1. The molecular weight excluding hydrogens is 190 g/mol. The Bertz CT molecular complexity index is 194. The normalized spacial score (nSPS) is 11.9. The average Bonchev–Trinajstić information content (AvgIpc) is 2.15. The Balaban J connectivity index is 3.67. The van der Waals surface area contributed by atoms with Crippen LogP contribution in [0.3, 0.4) is 0 Å². The third-order valence-corrected chi connectivity index (χ3v) is 1.25. The summed E-state index contributed by atoms with van der Waals surface area (Å²) in [4.78, 5) is 21.6. The molecule has 2 N–H and O–H groups in total. The minimum atomic E-state index is -1.49. The lowest BCUT2D eigenvalue weighted by Crippen LogP contribution is -2.41. The second-order valence-electron chi connectivity index (χ2n) is 2.34. The molecule has 0 aromatic carbocycles. The Kier molecular flexibility index (Phi) is 6.69. The Morgan fingerprint density at radius 3 is 2.36 bits per heavy atom. The zero-order valence-corrected chi connectivity index (χ0v) is 8.28. The van der Waals surface area contributed by atoms with Gasteiger partial charge in [-0.05, 0) is 13.8 Å². The number of esters is 2. The summed E-state index contributed by atoms with van der Waals surface area (Å²) in [6.07, 6.45) is -1.49. The fourth-order valence-corrected chi connectivity index (χ4v) is 0.697. The van der Waals surface area contributed by atoms with E-state index in [0.29, 0.717) is 0 Å².